The van der Waals surface area contributed by atoms with Crippen LogP contribution in [0, 0.1) is 10.1 Å². The number of hydrogen-bond donors (Lipinski definition) is 2. The molecule has 1 aliphatic rings. The third-order valence-electron chi connectivity index (χ3n) is 3.73. The molecule has 0 spiro atoms. The van der Waals surface area contributed by atoms with E-state index in [1.807, 2.05) is 0 Å². The van der Waals surface area contributed by atoms with Crippen molar-refractivity contribution in [3.63, 3.8) is 0 Å². The van der Waals surface area contributed by atoms with Gasteiger partial charge in [-0.25, -0.2) is 13.2 Å². The van der Waals surface area contributed by atoms with Crippen molar-refractivity contribution in [1.29, 1.82) is 0 Å². The van der Waals surface area contributed by atoms with Gasteiger partial charge in [0.2, 0.25) is 10.0 Å². The van der Waals surface area contributed by atoms with Crippen molar-refractivity contribution in [1.82, 2.24) is 9.29 Å². The van der Waals surface area contributed by atoms with Gasteiger partial charge in [0.25, 0.3) is 5.69 Å². The van der Waals surface area contributed by atoms with Gasteiger partial charge in [0, 0.05) is 36.1 Å². The number of benzene rings is 1. The zero-order valence-corrected chi connectivity index (χ0v) is 13.1. The number of sulfonamides is 1. The predicted octanol–water partition coefficient (Wildman–Crippen LogP) is 0.795. The van der Waals surface area contributed by atoms with Gasteiger partial charge in [-0.05, 0) is 6.07 Å². The summed E-state index contributed by atoms with van der Waals surface area (Å²) in [4.78, 5) is 23.8. The summed E-state index contributed by atoms with van der Waals surface area (Å²) < 4.78 is 32.0. The number of fused-ring (bicyclic) bond motifs is 1. The lowest BCUT2D eigenvalue weighted by Gasteiger charge is -2.26. The van der Waals surface area contributed by atoms with Gasteiger partial charge in [-0.15, -0.1) is 0 Å². The van der Waals surface area contributed by atoms with Crippen molar-refractivity contribution in [3.05, 3.63) is 34.0 Å². The van der Waals surface area contributed by atoms with E-state index >= 15 is 0 Å². The topological polar surface area (TPSA) is 143 Å². The second-order valence-corrected chi connectivity index (χ2v) is 7.01. The molecule has 1 saturated heterocycles. The van der Waals surface area contributed by atoms with Gasteiger partial charge in [-0.3, -0.25) is 10.1 Å². The SMILES string of the molecule is O=C(O)c1[nH]c2ccc([N+](=O)[O-])cc2c1S(=O)(=O)N1CCOCC1. The minimum atomic E-state index is -4.14. The van der Waals surface area contributed by atoms with Crippen LogP contribution in [0.5, 0.6) is 0 Å². The number of H-pyrrole nitrogens is 1. The highest BCUT2D eigenvalue weighted by molar-refractivity contribution is 7.89. The number of carboxylic acid groups (broad SMARTS) is 1. The number of aromatic amines is 1. The first-order valence-electron chi connectivity index (χ1n) is 6.93. The van der Waals surface area contributed by atoms with Gasteiger partial charge in [0.15, 0.2) is 0 Å². The van der Waals surface area contributed by atoms with Crippen LogP contribution in [0.4, 0.5) is 5.69 Å². The van der Waals surface area contributed by atoms with E-state index in [1.54, 1.807) is 0 Å². The number of aromatic nitrogens is 1. The number of nitrogens with one attached hydrogen (secondary N) is 1. The largest absolute Gasteiger partial charge is 0.477 e. The smallest absolute Gasteiger partial charge is 0.353 e. The van der Waals surface area contributed by atoms with E-state index in [0.717, 1.165) is 10.4 Å². The molecule has 1 aliphatic heterocycles. The molecule has 0 atom stereocenters. The molecule has 0 aliphatic carbocycles. The molecule has 2 heterocycles. The molecule has 0 saturated carbocycles. The molecule has 11 heteroatoms. The first-order valence-corrected chi connectivity index (χ1v) is 8.37. The van der Waals surface area contributed by atoms with Gasteiger partial charge < -0.3 is 14.8 Å². The zero-order chi connectivity index (χ0) is 17.5. The number of nitrogens with zero attached hydrogens (tertiary/aromatic N) is 2. The van der Waals surface area contributed by atoms with Crippen molar-refractivity contribution in [3.8, 4) is 0 Å². The monoisotopic (exact) mass is 355 g/mol. The molecule has 0 amide bonds. The van der Waals surface area contributed by atoms with E-state index in [4.69, 9.17) is 4.74 Å². The standard InChI is InChI=1S/C13H13N3O7S/c17-13(18)11-12(24(21,22)15-3-5-23-6-4-15)9-7-8(16(19)20)1-2-10(9)14-11/h1-2,7,14H,3-6H2,(H,17,18). The Bertz CT molecular complexity index is 928. The molecule has 2 aromatic rings. The average Bonchev–Trinajstić information content (AvgIpc) is 2.95. The van der Waals surface area contributed by atoms with Crippen LogP contribution in [-0.4, -0.2) is 60.0 Å². The van der Waals surface area contributed by atoms with Gasteiger partial charge >= 0.3 is 5.97 Å². The van der Waals surface area contributed by atoms with Crippen molar-refractivity contribution in [2.24, 2.45) is 0 Å². The predicted molar refractivity (Wildman–Crippen MR) is 81.5 cm³/mol. The maximum atomic E-state index is 12.9. The second kappa shape index (κ2) is 5.85. The lowest BCUT2D eigenvalue weighted by molar-refractivity contribution is -0.384. The minimum absolute atomic E-state index is 0.0203. The number of nitro benzene ring substituents is 1. The van der Waals surface area contributed by atoms with Crippen LogP contribution < -0.4 is 0 Å². The molecule has 0 unspecified atom stereocenters. The number of aromatic carboxylic acids is 1. The van der Waals surface area contributed by atoms with Crippen LogP contribution in [0.2, 0.25) is 0 Å². The molecule has 1 aromatic carbocycles. The van der Waals surface area contributed by atoms with E-state index in [2.05, 4.69) is 4.98 Å². The quantitative estimate of drug-likeness (QED) is 0.610. The van der Waals surface area contributed by atoms with Crippen LogP contribution in [0.25, 0.3) is 10.9 Å². The Balaban J connectivity index is 2.27. The number of rotatable bonds is 4. The van der Waals surface area contributed by atoms with Crippen LogP contribution in [0.1, 0.15) is 10.5 Å². The van der Waals surface area contributed by atoms with E-state index in [1.165, 1.54) is 12.1 Å². The van der Waals surface area contributed by atoms with Crippen molar-refractivity contribution in [2.45, 2.75) is 4.90 Å². The first-order chi connectivity index (χ1) is 11.3. The molecule has 24 heavy (non-hydrogen) atoms. The molecule has 1 fully saturated rings. The summed E-state index contributed by atoms with van der Waals surface area (Å²) in [6.07, 6.45) is 0. The zero-order valence-electron chi connectivity index (χ0n) is 12.3. The minimum Gasteiger partial charge on any atom is -0.477 e. The molecule has 10 nitrogen and oxygen atoms in total. The van der Waals surface area contributed by atoms with Crippen molar-refractivity contribution >= 4 is 32.6 Å². The number of carbonyl (C=O) groups is 1. The number of non-ortho nitro benzene ring substituents is 1. The number of nitro groups is 1. The van der Waals surface area contributed by atoms with Gasteiger partial charge in [-0.1, -0.05) is 0 Å². The van der Waals surface area contributed by atoms with E-state index in [9.17, 15) is 28.4 Å². The highest BCUT2D eigenvalue weighted by Crippen LogP contribution is 2.32. The van der Waals surface area contributed by atoms with Crippen LogP contribution in [0.3, 0.4) is 0 Å². The Morgan fingerprint density at radius 3 is 2.58 bits per heavy atom. The van der Waals surface area contributed by atoms with E-state index in [-0.39, 0.29) is 42.9 Å². The summed E-state index contributed by atoms with van der Waals surface area (Å²) in [7, 11) is -4.14. The van der Waals surface area contributed by atoms with E-state index in [0.29, 0.717) is 0 Å². The fraction of sp³-hybridized carbons (Fsp3) is 0.308. The molecule has 0 radical (unpaired) electrons. The molecule has 3 rings (SSSR count). The average molecular weight is 355 g/mol. The molecule has 2 N–H and O–H groups in total. The number of ether oxygens (including phenoxy) is 1. The van der Waals surface area contributed by atoms with Crippen LogP contribution >= 0.6 is 0 Å². The fourth-order valence-electron chi connectivity index (χ4n) is 2.60. The maximum absolute atomic E-state index is 12.9. The number of carboxylic acids is 1. The molecule has 128 valence electrons. The summed E-state index contributed by atoms with van der Waals surface area (Å²) in [5.74, 6) is -1.46. The molecule has 1 aromatic heterocycles. The summed E-state index contributed by atoms with van der Waals surface area (Å²) in [6.45, 7) is 0.570. The normalized spacial score (nSPS) is 16.3. The Morgan fingerprint density at radius 1 is 1.33 bits per heavy atom. The Hall–Kier alpha value is -2.50. The third-order valence-corrected chi connectivity index (χ3v) is 5.71. The summed E-state index contributed by atoms with van der Waals surface area (Å²) >= 11 is 0. The summed E-state index contributed by atoms with van der Waals surface area (Å²) in [5, 5.41) is 20.3. The van der Waals surface area contributed by atoms with E-state index < -0.39 is 31.5 Å². The van der Waals surface area contributed by atoms with Gasteiger partial charge in [0.05, 0.1) is 18.1 Å². The molecular weight excluding hydrogens is 342 g/mol. The Labute approximate surface area is 135 Å². The fourth-order valence-corrected chi connectivity index (χ4v) is 4.33. The number of hydrogen-bond acceptors (Lipinski definition) is 6. The summed E-state index contributed by atoms with van der Waals surface area (Å²) in [5.41, 5.74) is -0.640. The van der Waals surface area contributed by atoms with Crippen molar-refractivity contribution < 1.29 is 28.0 Å². The van der Waals surface area contributed by atoms with Crippen LogP contribution in [0.15, 0.2) is 23.1 Å². The molecular formula is C13H13N3O7S. The van der Waals surface area contributed by atoms with Gasteiger partial charge in [0.1, 0.15) is 10.6 Å². The molecule has 0 bridgehead atoms. The second-order valence-electron chi connectivity index (χ2n) is 5.14. The lowest BCUT2D eigenvalue weighted by Crippen LogP contribution is -2.41. The highest BCUT2D eigenvalue weighted by Gasteiger charge is 2.34. The summed E-state index contributed by atoms with van der Waals surface area (Å²) in [6, 6.07) is 3.53. The van der Waals surface area contributed by atoms with Crippen molar-refractivity contribution in [2.75, 3.05) is 26.3 Å². The third kappa shape index (κ3) is 2.62. The van der Waals surface area contributed by atoms with Gasteiger partial charge in [-0.2, -0.15) is 4.31 Å². The Morgan fingerprint density at radius 2 is 2.00 bits per heavy atom. The maximum Gasteiger partial charge on any atom is 0.353 e. The number of morpholine rings is 1. The highest BCUT2D eigenvalue weighted by atomic mass is 32.2. The lowest BCUT2D eigenvalue weighted by atomic mass is 10.2. The Kier molecular flexibility index (Phi) is 3.99. The van der Waals surface area contributed by atoms with Crippen LogP contribution in [-0.2, 0) is 14.8 Å². The first kappa shape index (κ1) is 16.4.